The quantitative estimate of drug-likeness (QED) is 0.365. The molecule has 0 spiro atoms. The Labute approximate surface area is 170 Å². The van der Waals surface area contributed by atoms with Gasteiger partial charge in [-0.3, -0.25) is 4.99 Å². The molecule has 0 amide bonds. The van der Waals surface area contributed by atoms with E-state index in [4.69, 9.17) is 9.73 Å². The normalized spacial score (nSPS) is 21.5. The third-order valence-corrected chi connectivity index (χ3v) is 5.34. The maximum Gasteiger partial charge on any atom is 0.191 e. The van der Waals surface area contributed by atoms with Gasteiger partial charge >= 0.3 is 0 Å². The topological polar surface area (TPSA) is 77.9 Å². The lowest BCUT2D eigenvalue weighted by atomic mass is 9.84. The highest BCUT2D eigenvalue weighted by Crippen LogP contribution is 2.31. The second-order valence-electron chi connectivity index (χ2n) is 8.49. The molecule has 1 aliphatic heterocycles. The zero-order chi connectivity index (χ0) is 20.5. The van der Waals surface area contributed by atoms with Crippen LogP contribution < -0.4 is 16.0 Å². The van der Waals surface area contributed by atoms with Crippen molar-refractivity contribution >= 4 is 5.96 Å². The summed E-state index contributed by atoms with van der Waals surface area (Å²) in [4.78, 5) is 4.81. The number of benzene rings is 1. The van der Waals surface area contributed by atoms with Crippen molar-refractivity contribution in [3.63, 3.8) is 0 Å². The number of nitrogens with zero attached hydrogens (tertiary/aromatic N) is 1. The average Bonchev–Trinajstić information content (AvgIpc) is 3.13. The highest BCUT2D eigenvalue weighted by Gasteiger charge is 2.34. The molecule has 1 aromatic rings. The van der Waals surface area contributed by atoms with E-state index in [0.717, 1.165) is 38.5 Å². The third-order valence-electron chi connectivity index (χ3n) is 5.34. The van der Waals surface area contributed by atoms with Gasteiger partial charge in [0.25, 0.3) is 0 Å². The Balaban J connectivity index is 1.94. The molecule has 1 heterocycles. The zero-order valence-corrected chi connectivity index (χ0v) is 17.9. The van der Waals surface area contributed by atoms with Crippen LogP contribution in [0.4, 0.5) is 0 Å². The molecule has 6 heteroatoms. The first-order valence-corrected chi connectivity index (χ1v) is 10.4. The van der Waals surface area contributed by atoms with E-state index in [1.165, 1.54) is 5.56 Å². The number of aliphatic imine (C=N–C) groups is 1. The van der Waals surface area contributed by atoms with Crippen molar-refractivity contribution in [1.29, 1.82) is 0 Å². The van der Waals surface area contributed by atoms with Gasteiger partial charge in [0.1, 0.15) is 0 Å². The number of guanidine groups is 1. The Hall–Kier alpha value is -1.63. The van der Waals surface area contributed by atoms with Crippen LogP contribution in [0.5, 0.6) is 0 Å². The summed E-state index contributed by atoms with van der Waals surface area (Å²) < 4.78 is 5.58. The standard InChI is InChI=1S/C22H38N4O2/c1-5-23-20(25-16-22(11-13-27)12-14-28-17-22)24-15-21(3,4)26-18(2)19-9-7-6-8-10-19/h6-10,18,26-27H,5,11-17H2,1-4H3,(H2,23,24,25). The first-order chi connectivity index (χ1) is 13.4. The molecule has 0 aromatic heterocycles. The third kappa shape index (κ3) is 7.08. The van der Waals surface area contributed by atoms with E-state index < -0.39 is 0 Å². The SMILES string of the molecule is CCNC(=NCC(C)(C)NC(C)c1ccccc1)NCC1(CCO)CCOC1. The minimum absolute atomic E-state index is 0.000528. The monoisotopic (exact) mass is 390 g/mol. The van der Waals surface area contributed by atoms with Crippen LogP contribution in [0.3, 0.4) is 0 Å². The van der Waals surface area contributed by atoms with E-state index in [0.29, 0.717) is 13.2 Å². The predicted molar refractivity (Wildman–Crippen MR) is 116 cm³/mol. The van der Waals surface area contributed by atoms with Crippen molar-refractivity contribution in [2.45, 2.75) is 52.1 Å². The van der Waals surface area contributed by atoms with Gasteiger partial charge < -0.3 is 25.8 Å². The molecule has 0 saturated carbocycles. The van der Waals surface area contributed by atoms with E-state index >= 15 is 0 Å². The summed E-state index contributed by atoms with van der Waals surface area (Å²) in [5.41, 5.74) is 1.13. The van der Waals surface area contributed by atoms with Gasteiger partial charge in [0.2, 0.25) is 0 Å². The van der Waals surface area contributed by atoms with Gasteiger partial charge in [-0.1, -0.05) is 30.3 Å². The van der Waals surface area contributed by atoms with Crippen LogP contribution >= 0.6 is 0 Å². The van der Waals surface area contributed by atoms with Crippen molar-refractivity contribution in [3.8, 4) is 0 Å². The highest BCUT2D eigenvalue weighted by atomic mass is 16.5. The fourth-order valence-electron chi connectivity index (χ4n) is 3.66. The van der Waals surface area contributed by atoms with Gasteiger partial charge in [-0.05, 0) is 46.1 Å². The summed E-state index contributed by atoms with van der Waals surface area (Å²) in [6.45, 7) is 12.5. The molecule has 1 fully saturated rings. The molecule has 0 radical (unpaired) electrons. The van der Waals surface area contributed by atoms with Gasteiger partial charge in [-0.15, -0.1) is 0 Å². The molecule has 2 unspecified atom stereocenters. The summed E-state index contributed by atoms with van der Waals surface area (Å²) in [7, 11) is 0. The molecule has 1 saturated heterocycles. The summed E-state index contributed by atoms with van der Waals surface area (Å²) in [6, 6.07) is 10.7. The Morgan fingerprint density at radius 2 is 2.04 bits per heavy atom. The van der Waals surface area contributed by atoms with Crippen molar-refractivity contribution in [2.24, 2.45) is 10.4 Å². The first kappa shape index (κ1) is 22.7. The largest absolute Gasteiger partial charge is 0.396 e. The Morgan fingerprint density at radius 3 is 2.64 bits per heavy atom. The summed E-state index contributed by atoms with van der Waals surface area (Å²) in [5, 5.41) is 19.9. The summed E-state index contributed by atoms with van der Waals surface area (Å²) in [5.74, 6) is 0.814. The Kier molecular flexibility index (Phi) is 8.73. The summed E-state index contributed by atoms with van der Waals surface area (Å²) in [6.07, 6.45) is 1.72. The number of hydrogen-bond donors (Lipinski definition) is 4. The molecule has 0 bridgehead atoms. The number of aliphatic hydroxyl groups excluding tert-OH is 1. The van der Waals surface area contributed by atoms with Crippen molar-refractivity contribution < 1.29 is 9.84 Å². The molecule has 1 aromatic carbocycles. The zero-order valence-electron chi connectivity index (χ0n) is 17.9. The van der Waals surface area contributed by atoms with Crippen LogP contribution in [0.2, 0.25) is 0 Å². The molecule has 2 rings (SSSR count). The minimum atomic E-state index is -0.142. The highest BCUT2D eigenvalue weighted by molar-refractivity contribution is 5.79. The Bertz CT molecular complexity index is 598. The van der Waals surface area contributed by atoms with Crippen LogP contribution in [0, 0.1) is 5.41 Å². The van der Waals surface area contributed by atoms with Gasteiger partial charge in [0.15, 0.2) is 5.96 Å². The van der Waals surface area contributed by atoms with E-state index in [1.807, 2.05) is 6.07 Å². The first-order valence-electron chi connectivity index (χ1n) is 10.4. The van der Waals surface area contributed by atoms with Crippen molar-refractivity contribution in [1.82, 2.24) is 16.0 Å². The average molecular weight is 391 g/mol. The van der Waals surface area contributed by atoms with Crippen LogP contribution in [0.25, 0.3) is 0 Å². The van der Waals surface area contributed by atoms with Crippen LogP contribution in [0.15, 0.2) is 35.3 Å². The molecule has 158 valence electrons. The Morgan fingerprint density at radius 1 is 1.29 bits per heavy atom. The molecule has 1 aliphatic rings. The lowest BCUT2D eigenvalue weighted by Gasteiger charge is -2.30. The lowest BCUT2D eigenvalue weighted by Crippen LogP contribution is -2.47. The maximum atomic E-state index is 9.41. The van der Waals surface area contributed by atoms with Gasteiger partial charge in [-0.25, -0.2) is 0 Å². The predicted octanol–water partition coefficient (Wildman–Crippen LogP) is 2.46. The number of nitrogens with one attached hydrogen (secondary N) is 3. The smallest absolute Gasteiger partial charge is 0.191 e. The number of rotatable bonds is 10. The van der Waals surface area contributed by atoms with Crippen molar-refractivity contribution in [2.75, 3.05) is 39.5 Å². The molecule has 28 heavy (non-hydrogen) atoms. The second kappa shape index (κ2) is 10.8. The van der Waals surface area contributed by atoms with E-state index in [2.05, 4.69) is 67.9 Å². The van der Waals surface area contributed by atoms with Gasteiger partial charge in [-0.2, -0.15) is 0 Å². The lowest BCUT2D eigenvalue weighted by molar-refractivity contribution is 0.127. The molecule has 2 atom stereocenters. The van der Waals surface area contributed by atoms with E-state index in [-0.39, 0.29) is 23.6 Å². The van der Waals surface area contributed by atoms with Gasteiger partial charge in [0, 0.05) is 43.3 Å². The maximum absolute atomic E-state index is 9.41. The fraction of sp³-hybridized carbons (Fsp3) is 0.682. The van der Waals surface area contributed by atoms with E-state index in [9.17, 15) is 5.11 Å². The molecule has 0 aliphatic carbocycles. The van der Waals surface area contributed by atoms with Crippen molar-refractivity contribution in [3.05, 3.63) is 35.9 Å². The van der Waals surface area contributed by atoms with Crippen LogP contribution in [-0.2, 0) is 4.74 Å². The molecule has 6 nitrogen and oxygen atoms in total. The molecule has 4 N–H and O–H groups in total. The second-order valence-corrected chi connectivity index (χ2v) is 8.49. The number of hydrogen-bond acceptors (Lipinski definition) is 4. The van der Waals surface area contributed by atoms with Crippen LogP contribution in [0.1, 0.15) is 52.1 Å². The van der Waals surface area contributed by atoms with Gasteiger partial charge in [0.05, 0.1) is 13.2 Å². The summed E-state index contributed by atoms with van der Waals surface area (Å²) >= 11 is 0. The van der Waals surface area contributed by atoms with E-state index in [1.54, 1.807) is 0 Å². The minimum Gasteiger partial charge on any atom is -0.396 e. The molecular formula is C22H38N4O2. The molecular weight excluding hydrogens is 352 g/mol. The number of aliphatic hydroxyl groups is 1. The number of ether oxygens (including phenoxy) is 1. The van der Waals surface area contributed by atoms with Crippen LogP contribution in [-0.4, -0.2) is 56.1 Å². The fourth-order valence-corrected chi connectivity index (χ4v) is 3.66.